The van der Waals surface area contributed by atoms with Crippen LogP contribution in [0.3, 0.4) is 0 Å². The van der Waals surface area contributed by atoms with Gasteiger partial charge in [-0.1, -0.05) is 8.64 Å². The zero-order chi connectivity index (χ0) is 8.57. The minimum Gasteiger partial charge on any atom is -0.410 e. The summed E-state index contributed by atoms with van der Waals surface area (Å²) in [5.41, 5.74) is 4.15. The first-order valence-electron chi connectivity index (χ1n) is 1.89. The van der Waals surface area contributed by atoms with Crippen molar-refractivity contribution in [2.45, 2.75) is 0 Å². The third kappa shape index (κ3) is 36.9. The Morgan fingerprint density at radius 1 is 1.00 bits per heavy atom. The van der Waals surface area contributed by atoms with Crippen LogP contribution >= 0.6 is 24.4 Å². The molecule has 0 unspecified atom stereocenters. The van der Waals surface area contributed by atoms with Crippen LogP contribution in [0.5, 0.6) is 0 Å². The van der Waals surface area contributed by atoms with Crippen LogP contribution in [0.25, 0.3) is 0 Å². The van der Waals surface area contributed by atoms with E-state index in [9.17, 15) is 0 Å². The smallest absolute Gasteiger partial charge is 0.410 e. The van der Waals surface area contributed by atoms with Gasteiger partial charge in [0, 0.05) is 0 Å². The number of hydrogen-bond donors (Lipinski definition) is 4. The Kier molecular flexibility index (Phi) is 21.2. The molecule has 0 saturated heterocycles. The Labute approximate surface area is 96.9 Å². The predicted octanol–water partition coefficient (Wildman–Crippen LogP) is -1.44. The van der Waals surface area contributed by atoms with E-state index in [-0.39, 0.29) is 25.1 Å². The minimum absolute atomic E-state index is 0. The average molecular weight is 273 g/mol. The van der Waals surface area contributed by atoms with Crippen LogP contribution in [-0.4, -0.2) is 8.64 Å². The quantitative estimate of drug-likeness (QED) is 0.141. The van der Waals surface area contributed by atoms with Gasteiger partial charge in [0.2, 0.25) is 0 Å². The molecular weight excluding hydrogens is 267 g/mol. The van der Waals surface area contributed by atoms with Crippen LogP contribution in [0.4, 0.5) is 0 Å². The topological polar surface area (TPSA) is 76.1 Å². The summed E-state index contributed by atoms with van der Waals surface area (Å²) in [6.45, 7) is 0. The van der Waals surface area contributed by atoms with Gasteiger partial charge in [-0.15, -0.1) is 0 Å². The molecular formula is C2H6N4NiS4. The molecule has 0 amide bonds. The summed E-state index contributed by atoms with van der Waals surface area (Å²) in [6, 6.07) is 0. The van der Waals surface area contributed by atoms with Crippen molar-refractivity contribution in [3.05, 3.63) is 0 Å². The van der Waals surface area contributed by atoms with E-state index in [1.165, 1.54) is 0 Å². The molecule has 4 nitrogen and oxygen atoms in total. The molecule has 0 aliphatic carbocycles. The molecule has 68 valence electrons. The third-order valence-electron chi connectivity index (χ3n) is 0.236. The molecule has 0 atom stereocenters. The first-order valence-corrected chi connectivity index (χ1v) is 3.53. The largest absolute Gasteiger partial charge is 2.00 e. The van der Waals surface area contributed by atoms with Crippen LogP contribution in [0.1, 0.15) is 0 Å². The van der Waals surface area contributed by atoms with Gasteiger partial charge in [0.05, 0.1) is 0 Å². The van der Waals surface area contributed by atoms with Crippen molar-refractivity contribution in [3.8, 4) is 0 Å². The second kappa shape index (κ2) is 13.2. The summed E-state index contributed by atoms with van der Waals surface area (Å²) >= 11 is 17.1. The van der Waals surface area contributed by atoms with Gasteiger partial charge < -0.3 is 60.5 Å². The number of hydrogen-bond acceptors (Lipinski definition) is 6. The monoisotopic (exact) mass is 272 g/mol. The molecule has 0 bridgehead atoms. The van der Waals surface area contributed by atoms with Crippen LogP contribution in [0.2, 0.25) is 0 Å². The molecule has 9 heteroatoms. The van der Waals surface area contributed by atoms with E-state index in [2.05, 4.69) is 72.2 Å². The first kappa shape index (κ1) is 17.6. The maximum Gasteiger partial charge on any atom is 2.00 e. The number of thiocarbonyl (C=S) groups is 2. The summed E-state index contributed by atoms with van der Waals surface area (Å²) in [5, 5.41) is 0. The number of hydrazine groups is 2. The Morgan fingerprint density at radius 2 is 1.09 bits per heavy atom. The van der Waals surface area contributed by atoms with Crippen LogP contribution in [0.15, 0.2) is 0 Å². The zero-order valence-electron chi connectivity index (χ0n) is 5.10. The molecule has 0 fully saturated rings. The fraction of sp³-hybridized carbons (Fsp3) is 0. The fourth-order valence-corrected chi connectivity index (χ4v) is 0. The van der Waals surface area contributed by atoms with E-state index in [1.807, 2.05) is 0 Å². The molecule has 6 N–H and O–H groups in total. The molecule has 0 spiro atoms. The molecule has 0 aromatic rings. The van der Waals surface area contributed by atoms with Crippen molar-refractivity contribution in [1.29, 1.82) is 0 Å². The molecule has 0 radical (unpaired) electrons. The van der Waals surface area contributed by atoms with E-state index >= 15 is 0 Å². The molecule has 0 saturated carbocycles. The Bertz CT molecular complexity index is 105. The summed E-state index contributed by atoms with van der Waals surface area (Å²) in [6.07, 6.45) is 0. The molecule has 0 aliphatic rings. The van der Waals surface area contributed by atoms with Crippen molar-refractivity contribution in [1.82, 2.24) is 10.9 Å². The van der Waals surface area contributed by atoms with Gasteiger partial charge in [-0.2, -0.15) is 0 Å². The van der Waals surface area contributed by atoms with Crippen molar-refractivity contribution in [2.75, 3.05) is 0 Å². The number of nitrogens with two attached hydrogens (primary N) is 2. The van der Waals surface area contributed by atoms with Gasteiger partial charge in [-0.3, -0.25) is 11.7 Å². The zero-order valence-corrected chi connectivity index (χ0v) is 9.36. The van der Waals surface area contributed by atoms with E-state index in [0.29, 0.717) is 0 Å². The van der Waals surface area contributed by atoms with Crippen molar-refractivity contribution < 1.29 is 16.5 Å². The van der Waals surface area contributed by atoms with E-state index < -0.39 is 0 Å². The molecule has 0 heterocycles. The van der Waals surface area contributed by atoms with Crippen LogP contribution in [0, 0.1) is 0 Å². The average Bonchev–Trinajstić information content (AvgIpc) is 1.89. The second-order valence-corrected chi connectivity index (χ2v) is 3.01. The standard InChI is InChI=1S/2CH4N2S2.Ni/c2*2-3-1(4)5;/h2*2H2,(H2,3,4,5);/q;;+2/p-2. The van der Waals surface area contributed by atoms with E-state index in [1.54, 1.807) is 0 Å². The maximum atomic E-state index is 4.68. The molecule has 0 rings (SSSR count). The summed E-state index contributed by atoms with van der Waals surface area (Å²) < 4.78 is 0.398. The van der Waals surface area contributed by atoms with Gasteiger partial charge in [-0.05, 0) is 0 Å². The molecule has 0 aromatic heterocycles. The maximum absolute atomic E-state index is 4.68. The van der Waals surface area contributed by atoms with Gasteiger partial charge in [0.1, 0.15) is 0 Å². The molecule has 0 aromatic carbocycles. The van der Waals surface area contributed by atoms with Gasteiger partial charge in [0.15, 0.2) is 0 Å². The first-order chi connectivity index (χ1) is 4.54. The van der Waals surface area contributed by atoms with Gasteiger partial charge >= 0.3 is 16.5 Å². The predicted molar refractivity (Wildman–Crippen MR) is 54.6 cm³/mol. The number of rotatable bonds is 0. The van der Waals surface area contributed by atoms with Gasteiger partial charge in [-0.25, -0.2) is 0 Å². The summed E-state index contributed by atoms with van der Waals surface area (Å²) in [7, 11) is 0. The Hall–Kier alpha value is 0.634. The van der Waals surface area contributed by atoms with Gasteiger partial charge in [0.25, 0.3) is 0 Å². The Balaban J connectivity index is -0.000000107. The SMILES string of the molecule is NNC(=S)[S-].NNC(=S)[S-].[Ni+2]. The second-order valence-electron chi connectivity index (χ2n) is 0.864. The minimum atomic E-state index is 0. The van der Waals surface area contributed by atoms with Crippen molar-refractivity contribution in [3.63, 3.8) is 0 Å². The molecule has 11 heavy (non-hydrogen) atoms. The Morgan fingerprint density at radius 3 is 1.09 bits per heavy atom. The van der Waals surface area contributed by atoms with Crippen molar-refractivity contribution >= 4 is 58.3 Å². The fourth-order valence-electron chi connectivity index (χ4n) is 0. The van der Waals surface area contributed by atoms with E-state index in [0.717, 1.165) is 0 Å². The summed E-state index contributed by atoms with van der Waals surface area (Å²) in [5.74, 6) is 9.35. The normalized spacial score (nSPS) is 6.00. The van der Waals surface area contributed by atoms with E-state index in [4.69, 9.17) is 0 Å². The number of nitrogens with one attached hydrogen (secondary N) is 2. The van der Waals surface area contributed by atoms with Crippen LogP contribution < -0.4 is 22.5 Å². The third-order valence-corrected chi connectivity index (χ3v) is 0.707. The summed E-state index contributed by atoms with van der Waals surface area (Å²) in [4.78, 5) is 0. The molecule has 0 aliphatic heterocycles. The van der Waals surface area contributed by atoms with Crippen LogP contribution in [-0.2, 0) is 41.7 Å². The van der Waals surface area contributed by atoms with Crippen molar-refractivity contribution in [2.24, 2.45) is 11.7 Å².